The molecule has 0 bridgehead atoms. The standard InChI is InChI=1S/C14H9FN2O2/c15-10-2-1-8-5-13(17-11(8)7-10)12-6-9(14(18)19)3-4-16-12/h1-7,17H,(H,18,19). The molecule has 1 aromatic carbocycles. The number of carboxylic acids is 1. The largest absolute Gasteiger partial charge is 0.478 e. The van der Waals surface area contributed by atoms with E-state index < -0.39 is 5.97 Å². The zero-order valence-corrected chi connectivity index (χ0v) is 9.72. The molecule has 0 radical (unpaired) electrons. The highest BCUT2D eigenvalue weighted by Crippen LogP contribution is 2.23. The fraction of sp³-hybridized carbons (Fsp3) is 0. The van der Waals surface area contributed by atoms with Crippen LogP contribution in [0, 0.1) is 5.82 Å². The van der Waals surface area contributed by atoms with Crippen LogP contribution in [0.3, 0.4) is 0 Å². The number of aromatic carboxylic acids is 1. The Morgan fingerprint density at radius 1 is 1.21 bits per heavy atom. The fourth-order valence-electron chi connectivity index (χ4n) is 1.95. The van der Waals surface area contributed by atoms with E-state index in [0.717, 1.165) is 5.39 Å². The number of pyridine rings is 1. The van der Waals surface area contributed by atoms with Crippen molar-refractivity contribution < 1.29 is 14.3 Å². The van der Waals surface area contributed by atoms with Gasteiger partial charge in [0.05, 0.1) is 17.0 Å². The Balaban J connectivity index is 2.13. The molecular weight excluding hydrogens is 247 g/mol. The van der Waals surface area contributed by atoms with Crippen LogP contribution in [0.25, 0.3) is 22.3 Å². The van der Waals surface area contributed by atoms with Crippen molar-refractivity contribution in [3.63, 3.8) is 0 Å². The lowest BCUT2D eigenvalue weighted by atomic mass is 10.2. The second-order valence-electron chi connectivity index (χ2n) is 4.15. The van der Waals surface area contributed by atoms with Crippen LogP contribution in [0.4, 0.5) is 4.39 Å². The molecular formula is C14H9FN2O2. The highest BCUT2D eigenvalue weighted by molar-refractivity contribution is 5.90. The number of aromatic nitrogens is 2. The van der Waals surface area contributed by atoms with E-state index in [0.29, 0.717) is 16.9 Å². The third kappa shape index (κ3) is 2.06. The summed E-state index contributed by atoms with van der Waals surface area (Å²) in [5.41, 5.74) is 1.98. The number of halogens is 1. The molecule has 3 rings (SSSR count). The van der Waals surface area contributed by atoms with Crippen molar-refractivity contribution in [2.75, 3.05) is 0 Å². The summed E-state index contributed by atoms with van der Waals surface area (Å²) in [6.45, 7) is 0. The highest BCUT2D eigenvalue weighted by atomic mass is 19.1. The third-order valence-electron chi connectivity index (χ3n) is 2.87. The zero-order chi connectivity index (χ0) is 13.4. The van der Waals surface area contributed by atoms with Crippen LogP contribution in [0.1, 0.15) is 10.4 Å². The maximum Gasteiger partial charge on any atom is 0.335 e. The number of rotatable bonds is 2. The monoisotopic (exact) mass is 256 g/mol. The quantitative estimate of drug-likeness (QED) is 0.740. The molecule has 0 saturated heterocycles. The van der Waals surface area contributed by atoms with Gasteiger partial charge >= 0.3 is 5.97 Å². The van der Waals surface area contributed by atoms with Crippen molar-refractivity contribution in [3.8, 4) is 11.4 Å². The molecule has 2 heterocycles. The molecule has 2 N–H and O–H groups in total. The van der Waals surface area contributed by atoms with E-state index in [9.17, 15) is 9.18 Å². The van der Waals surface area contributed by atoms with Gasteiger partial charge in [-0.05, 0) is 36.4 Å². The number of carboxylic acid groups (broad SMARTS) is 1. The molecule has 94 valence electrons. The van der Waals surface area contributed by atoms with E-state index in [-0.39, 0.29) is 11.4 Å². The maximum absolute atomic E-state index is 13.1. The van der Waals surface area contributed by atoms with Gasteiger partial charge in [-0.15, -0.1) is 0 Å². The fourth-order valence-corrected chi connectivity index (χ4v) is 1.95. The average molecular weight is 256 g/mol. The summed E-state index contributed by atoms with van der Waals surface area (Å²) in [6, 6.07) is 9.13. The molecule has 2 aromatic heterocycles. The number of aromatic amines is 1. The normalized spacial score (nSPS) is 10.8. The summed E-state index contributed by atoms with van der Waals surface area (Å²) in [5.74, 6) is -1.33. The van der Waals surface area contributed by atoms with Crippen LogP contribution in [-0.2, 0) is 0 Å². The zero-order valence-electron chi connectivity index (χ0n) is 9.72. The minimum Gasteiger partial charge on any atom is -0.478 e. The number of benzene rings is 1. The molecule has 0 spiro atoms. The Morgan fingerprint density at radius 2 is 2.05 bits per heavy atom. The summed E-state index contributed by atoms with van der Waals surface area (Å²) in [5, 5.41) is 9.79. The minimum atomic E-state index is -1.01. The third-order valence-corrected chi connectivity index (χ3v) is 2.87. The second kappa shape index (κ2) is 4.20. The van der Waals surface area contributed by atoms with Gasteiger partial charge in [0, 0.05) is 17.1 Å². The van der Waals surface area contributed by atoms with Gasteiger partial charge < -0.3 is 10.1 Å². The molecule has 0 saturated carbocycles. The van der Waals surface area contributed by atoms with Crippen molar-refractivity contribution in [2.24, 2.45) is 0 Å². The van der Waals surface area contributed by atoms with Crippen molar-refractivity contribution >= 4 is 16.9 Å². The number of nitrogens with one attached hydrogen (secondary N) is 1. The number of carbonyl (C=O) groups is 1. The predicted octanol–water partition coefficient (Wildman–Crippen LogP) is 3.07. The van der Waals surface area contributed by atoms with E-state index in [2.05, 4.69) is 9.97 Å². The minimum absolute atomic E-state index is 0.162. The molecule has 0 amide bonds. The van der Waals surface area contributed by atoms with E-state index in [1.54, 1.807) is 6.07 Å². The topological polar surface area (TPSA) is 66.0 Å². The maximum atomic E-state index is 13.1. The molecule has 4 nitrogen and oxygen atoms in total. The molecule has 5 heteroatoms. The van der Waals surface area contributed by atoms with Gasteiger partial charge in [0.2, 0.25) is 0 Å². The Morgan fingerprint density at radius 3 is 2.84 bits per heavy atom. The number of H-pyrrole nitrogens is 1. The molecule has 19 heavy (non-hydrogen) atoms. The van der Waals surface area contributed by atoms with E-state index >= 15 is 0 Å². The molecule has 0 unspecified atom stereocenters. The van der Waals surface area contributed by atoms with Crippen LogP contribution in [0.5, 0.6) is 0 Å². The molecule has 3 aromatic rings. The first-order valence-corrected chi connectivity index (χ1v) is 5.61. The Bertz CT molecular complexity index is 780. The second-order valence-corrected chi connectivity index (χ2v) is 4.15. The van der Waals surface area contributed by atoms with E-state index in [4.69, 9.17) is 5.11 Å². The van der Waals surface area contributed by atoms with Crippen LogP contribution in [0.15, 0.2) is 42.6 Å². The van der Waals surface area contributed by atoms with Gasteiger partial charge in [0.1, 0.15) is 5.82 Å². The Labute approximate surface area is 107 Å². The molecule has 0 fully saturated rings. The number of nitrogens with zero attached hydrogens (tertiary/aromatic N) is 1. The summed E-state index contributed by atoms with van der Waals surface area (Å²) in [7, 11) is 0. The average Bonchev–Trinajstić information content (AvgIpc) is 2.81. The van der Waals surface area contributed by atoms with Crippen LogP contribution >= 0.6 is 0 Å². The van der Waals surface area contributed by atoms with Gasteiger partial charge in [0.15, 0.2) is 0 Å². The first-order chi connectivity index (χ1) is 9.13. The van der Waals surface area contributed by atoms with Crippen LogP contribution in [-0.4, -0.2) is 21.0 Å². The van der Waals surface area contributed by atoms with E-state index in [1.165, 1.54) is 30.5 Å². The first-order valence-electron chi connectivity index (χ1n) is 5.61. The van der Waals surface area contributed by atoms with Crippen LogP contribution < -0.4 is 0 Å². The van der Waals surface area contributed by atoms with Crippen molar-refractivity contribution in [3.05, 3.63) is 54.0 Å². The van der Waals surface area contributed by atoms with Gasteiger partial charge in [-0.1, -0.05) is 0 Å². The molecule has 0 atom stereocenters. The number of fused-ring (bicyclic) bond motifs is 1. The van der Waals surface area contributed by atoms with Crippen molar-refractivity contribution in [2.45, 2.75) is 0 Å². The molecule has 0 aliphatic heterocycles. The van der Waals surface area contributed by atoms with Crippen LogP contribution in [0.2, 0.25) is 0 Å². The van der Waals surface area contributed by atoms with Crippen molar-refractivity contribution in [1.29, 1.82) is 0 Å². The first kappa shape index (κ1) is 11.4. The predicted molar refractivity (Wildman–Crippen MR) is 68.4 cm³/mol. The lowest BCUT2D eigenvalue weighted by Crippen LogP contribution is -1.97. The summed E-state index contributed by atoms with van der Waals surface area (Å²) < 4.78 is 13.1. The summed E-state index contributed by atoms with van der Waals surface area (Å²) in [6.07, 6.45) is 1.44. The highest BCUT2D eigenvalue weighted by Gasteiger charge is 2.08. The van der Waals surface area contributed by atoms with Crippen molar-refractivity contribution in [1.82, 2.24) is 9.97 Å². The van der Waals surface area contributed by atoms with Gasteiger partial charge in [-0.2, -0.15) is 0 Å². The van der Waals surface area contributed by atoms with Gasteiger partial charge in [-0.3, -0.25) is 4.98 Å². The lowest BCUT2D eigenvalue weighted by Gasteiger charge is -1.98. The Hall–Kier alpha value is -2.69. The summed E-state index contributed by atoms with van der Waals surface area (Å²) >= 11 is 0. The number of hydrogen-bond acceptors (Lipinski definition) is 2. The van der Waals surface area contributed by atoms with Gasteiger partial charge in [0.25, 0.3) is 0 Å². The van der Waals surface area contributed by atoms with E-state index in [1.807, 2.05) is 6.07 Å². The smallest absolute Gasteiger partial charge is 0.335 e. The lowest BCUT2D eigenvalue weighted by molar-refractivity contribution is 0.0697. The summed E-state index contributed by atoms with van der Waals surface area (Å²) in [4.78, 5) is 18.1. The molecule has 0 aliphatic rings. The molecule has 0 aliphatic carbocycles. The van der Waals surface area contributed by atoms with Gasteiger partial charge in [-0.25, -0.2) is 9.18 Å². The Kier molecular flexibility index (Phi) is 2.52. The number of hydrogen-bond donors (Lipinski definition) is 2. The SMILES string of the molecule is O=C(O)c1ccnc(-c2cc3ccc(F)cc3[nH]2)c1.